The maximum absolute atomic E-state index is 10.9. The van der Waals surface area contributed by atoms with Crippen LogP contribution in [-0.2, 0) is 0 Å². The van der Waals surface area contributed by atoms with Gasteiger partial charge < -0.3 is 9.47 Å². The number of nitro groups is 1. The van der Waals surface area contributed by atoms with Crippen LogP contribution >= 0.6 is 15.9 Å². The number of halogens is 1. The van der Waals surface area contributed by atoms with Gasteiger partial charge in [0.05, 0.1) is 17.7 Å². The Bertz CT molecular complexity index is 634. The Morgan fingerprint density at radius 3 is 2.75 bits per heavy atom. The molecule has 0 bridgehead atoms. The van der Waals surface area contributed by atoms with Gasteiger partial charge in [-0.25, -0.2) is 0 Å². The van der Waals surface area contributed by atoms with Crippen LogP contribution < -0.4 is 9.47 Å². The lowest BCUT2D eigenvalue weighted by molar-refractivity contribution is -0.385. The van der Waals surface area contributed by atoms with Gasteiger partial charge in [-0.2, -0.15) is 0 Å². The van der Waals surface area contributed by atoms with E-state index in [0.29, 0.717) is 18.1 Å². The number of aromatic nitrogens is 1. The molecule has 0 amide bonds. The number of rotatable bonds is 5. The summed E-state index contributed by atoms with van der Waals surface area (Å²) in [5.41, 5.74) is -0.0911. The summed E-state index contributed by atoms with van der Waals surface area (Å²) < 4.78 is 11.6. The van der Waals surface area contributed by atoms with E-state index in [9.17, 15) is 10.1 Å². The zero-order valence-corrected chi connectivity index (χ0v) is 12.2. The maximum Gasteiger partial charge on any atom is 0.311 e. The van der Waals surface area contributed by atoms with Crippen molar-refractivity contribution in [3.63, 3.8) is 0 Å². The Morgan fingerprint density at radius 1 is 1.30 bits per heavy atom. The zero-order valence-electron chi connectivity index (χ0n) is 10.6. The van der Waals surface area contributed by atoms with Gasteiger partial charge in [0.15, 0.2) is 0 Å². The minimum atomic E-state index is -0.491. The van der Waals surface area contributed by atoms with Crippen molar-refractivity contribution >= 4 is 21.6 Å². The normalized spacial score (nSPS) is 10.1. The summed E-state index contributed by atoms with van der Waals surface area (Å²) in [5.74, 6) is 1.15. The maximum atomic E-state index is 10.9. The van der Waals surface area contributed by atoms with Gasteiger partial charge in [-0.3, -0.25) is 15.1 Å². The van der Waals surface area contributed by atoms with E-state index in [1.807, 2.05) is 0 Å². The minimum Gasteiger partial charge on any atom is -0.487 e. The first kappa shape index (κ1) is 14.3. The molecule has 0 radical (unpaired) electrons. The van der Waals surface area contributed by atoms with Crippen LogP contribution in [0.15, 0.2) is 41.1 Å². The average Bonchev–Trinajstić information content (AvgIpc) is 2.39. The molecule has 0 aliphatic heterocycles. The van der Waals surface area contributed by atoms with Crippen LogP contribution in [0.3, 0.4) is 0 Å². The predicted molar refractivity (Wildman–Crippen MR) is 76.3 cm³/mol. The lowest BCUT2D eigenvalue weighted by Crippen LogP contribution is -1.98. The Balaban J connectivity index is 2.29. The molecule has 0 aliphatic carbocycles. The number of ether oxygens (including phenoxy) is 2. The van der Waals surface area contributed by atoms with E-state index in [1.165, 1.54) is 18.2 Å². The third kappa shape index (κ3) is 3.45. The molecule has 0 fully saturated rings. The second-order valence-corrected chi connectivity index (χ2v) is 4.68. The van der Waals surface area contributed by atoms with Gasteiger partial charge in [-0.15, -0.1) is 0 Å². The van der Waals surface area contributed by atoms with Crippen molar-refractivity contribution in [2.75, 3.05) is 6.61 Å². The van der Waals surface area contributed by atoms with Crippen LogP contribution in [0.2, 0.25) is 0 Å². The van der Waals surface area contributed by atoms with Gasteiger partial charge in [0.25, 0.3) is 0 Å². The SMILES string of the molecule is CCOc1cc(Oc2cncc(Br)c2)ccc1[N+](=O)[O-]. The van der Waals surface area contributed by atoms with Gasteiger partial charge >= 0.3 is 5.69 Å². The third-order valence-electron chi connectivity index (χ3n) is 2.34. The summed E-state index contributed by atoms with van der Waals surface area (Å²) in [6, 6.07) is 6.10. The number of pyridine rings is 1. The molecule has 0 N–H and O–H groups in total. The lowest BCUT2D eigenvalue weighted by atomic mass is 10.3. The van der Waals surface area contributed by atoms with Crippen LogP contribution in [0.1, 0.15) is 6.92 Å². The Morgan fingerprint density at radius 2 is 2.10 bits per heavy atom. The van der Waals surface area contributed by atoms with Gasteiger partial charge in [0.1, 0.15) is 11.5 Å². The third-order valence-corrected chi connectivity index (χ3v) is 2.78. The molecule has 2 aromatic rings. The molecule has 7 heteroatoms. The highest BCUT2D eigenvalue weighted by atomic mass is 79.9. The van der Waals surface area contributed by atoms with E-state index >= 15 is 0 Å². The average molecular weight is 339 g/mol. The van der Waals surface area contributed by atoms with Gasteiger partial charge in [-0.1, -0.05) is 0 Å². The van der Waals surface area contributed by atoms with Crippen LogP contribution in [0.4, 0.5) is 5.69 Å². The molecule has 0 unspecified atom stereocenters. The molecule has 20 heavy (non-hydrogen) atoms. The first-order valence-corrected chi connectivity index (χ1v) is 6.59. The fourth-order valence-electron chi connectivity index (χ4n) is 1.56. The molecule has 6 nitrogen and oxygen atoms in total. The van der Waals surface area contributed by atoms with E-state index in [0.717, 1.165) is 4.47 Å². The Kier molecular flexibility index (Phi) is 4.52. The van der Waals surface area contributed by atoms with Gasteiger partial charge in [0, 0.05) is 22.8 Å². The first-order chi connectivity index (χ1) is 9.60. The first-order valence-electron chi connectivity index (χ1n) is 5.80. The minimum absolute atomic E-state index is 0.0911. The van der Waals surface area contributed by atoms with Crippen LogP contribution in [0, 0.1) is 10.1 Å². The highest BCUT2D eigenvalue weighted by molar-refractivity contribution is 9.10. The van der Waals surface area contributed by atoms with E-state index < -0.39 is 4.92 Å². The summed E-state index contributed by atoms with van der Waals surface area (Å²) in [4.78, 5) is 14.4. The lowest BCUT2D eigenvalue weighted by Gasteiger charge is -2.08. The monoisotopic (exact) mass is 338 g/mol. The van der Waals surface area contributed by atoms with Crippen molar-refractivity contribution in [1.82, 2.24) is 4.98 Å². The van der Waals surface area contributed by atoms with Crippen molar-refractivity contribution in [3.05, 3.63) is 51.2 Å². The highest BCUT2D eigenvalue weighted by Gasteiger charge is 2.16. The standard InChI is InChI=1S/C13H11BrN2O4/c1-2-19-13-6-10(3-4-12(13)16(17)18)20-11-5-9(14)7-15-8-11/h3-8H,2H2,1H3. The highest BCUT2D eigenvalue weighted by Crippen LogP contribution is 2.33. The predicted octanol–water partition coefficient (Wildman–Crippen LogP) is 3.94. The van der Waals surface area contributed by atoms with Crippen molar-refractivity contribution < 1.29 is 14.4 Å². The van der Waals surface area contributed by atoms with Crippen molar-refractivity contribution in [2.45, 2.75) is 6.92 Å². The van der Waals surface area contributed by atoms with Crippen LogP contribution in [0.5, 0.6) is 17.2 Å². The zero-order chi connectivity index (χ0) is 14.5. The smallest absolute Gasteiger partial charge is 0.311 e. The van der Waals surface area contributed by atoms with E-state index in [2.05, 4.69) is 20.9 Å². The quantitative estimate of drug-likeness (QED) is 0.609. The molecule has 104 valence electrons. The summed E-state index contributed by atoms with van der Waals surface area (Å²) in [5, 5.41) is 10.9. The van der Waals surface area contributed by atoms with E-state index in [4.69, 9.17) is 9.47 Å². The number of hydrogen-bond donors (Lipinski definition) is 0. The molecule has 2 rings (SSSR count). The molecule has 0 saturated heterocycles. The van der Waals surface area contributed by atoms with Crippen molar-refractivity contribution in [1.29, 1.82) is 0 Å². The van der Waals surface area contributed by atoms with Crippen LogP contribution in [-0.4, -0.2) is 16.5 Å². The number of hydrogen-bond acceptors (Lipinski definition) is 5. The van der Waals surface area contributed by atoms with Crippen molar-refractivity contribution in [3.8, 4) is 17.2 Å². The molecular weight excluding hydrogens is 328 g/mol. The van der Waals surface area contributed by atoms with Crippen molar-refractivity contribution in [2.24, 2.45) is 0 Å². The van der Waals surface area contributed by atoms with E-state index in [1.54, 1.807) is 25.4 Å². The van der Waals surface area contributed by atoms with Gasteiger partial charge in [0.2, 0.25) is 5.75 Å². The number of benzene rings is 1. The summed E-state index contributed by atoms with van der Waals surface area (Å²) in [7, 11) is 0. The summed E-state index contributed by atoms with van der Waals surface area (Å²) in [6.45, 7) is 2.10. The fourth-order valence-corrected chi connectivity index (χ4v) is 1.91. The summed E-state index contributed by atoms with van der Waals surface area (Å²) >= 11 is 3.29. The Hall–Kier alpha value is -2.15. The van der Waals surface area contributed by atoms with Crippen LogP contribution in [0.25, 0.3) is 0 Å². The fraction of sp³-hybridized carbons (Fsp3) is 0.154. The topological polar surface area (TPSA) is 74.5 Å². The largest absolute Gasteiger partial charge is 0.487 e. The molecule has 1 heterocycles. The summed E-state index contributed by atoms with van der Waals surface area (Å²) in [6.07, 6.45) is 3.18. The number of nitro benzene ring substituents is 1. The second-order valence-electron chi connectivity index (χ2n) is 3.76. The molecule has 1 aromatic heterocycles. The van der Waals surface area contributed by atoms with Gasteiger partial charge in [-0.05, 0) is 35.0 Å². The molecule has 1 aromatic carbocycles. The number of nitrogens with zero attached hydrogens (tertiary/aromatic N) is 2. The Labute approximate surface area is 123 Å². The second kappa shape index (κ2) is 6.33. The molecule has 0 atom stereocenters. The van der Waals surface area contributed by atoms with E-state index in [-0.39, 0.29) is 11.4 Å². The molecular formula is C13H11BrN2O4. The molecule has 0 spiro atoms. The molecule has 0 saturated carbocycles. The molecule has 0 aliphatic rings.